The predicted molar refractivity (Wildman–Crippen MR) is 97.8 cm³/mol. The van der Waals surface area contributed by atoms with Gasteiger partial charge in [-0.3, -0.25) is 4.79 Å². The van der Waals surface area contributed by atoms with Gasteiger partial charge in [-0.2, -0.15) is 13.2 Å². The lowest BCUT2D eigenvalue weighted by Gasteiger charge is -2.11. The largest absolute Gasteiger partial charge is 0.416 e. The lowest BCUT2D eigenvalue weighted by Crippen LogP contribution is -2.38. The summed E-state index contributed by atoms with van der Waals surface area (Å²) in [5.41, 5.74) is -0.0864. The van der Waals surface area contributed by atoms with Gasteiger partial charge in [-0.05, 0) is 19.1 Å². The van der Waals surface area contributed by atoms with Crippen LogP contribution in [-0.4, -0.2) is 31.1 Å². The summed E-state index contributed by atoms with van der Waals surface area (Å²) in [6, 6.07) is 4.45. The topological polar surface area (TPSA) is 76.1 Å². The zero-order valence-corrected chi connectivity index (χ0v) is 15.9. The second-order valence-electron chi connectivity index (χ2n) is 5.70. The van der Waals surface area contributed by atoms with Crippen molar-refractivity contribution >= 4 is 27.1 Å². The highest BCUT2D eigenvalue weighted by Gasteiger charge is 2.30. The monoisotopic (exact) mass is 418 g/mol. The smallest absolute Gasteiger partial charge is 0.352 e. The molecule has 5 nitrogen and oxygen atoms in total. The van der Waals surface area contributed by atoms with E-state index in [1.54, 1.807) is 0 Å². The van der Waals surface area contributed by atoms with E-state index < -0.39 is 38.5 Å². The first-order chi connectivity index (χ1) is 12.5. The van der Waals surface area contributed by atoms with Crippen molar-refractivity contribution in [1.29, 1.82) is 0 Å². The Morgan fingerprint density at radius 2 is 1.96 bits per heavy atom. The number of hydrogen-bond acceptors (Lipinski definition) is 5. The Morgan fingerprint density at radius 3 is 2.52 bits per heavy atom. The summed E-state index contributed by atoms with van der Waals surface area (Å²) < 4.78 is 62.6. The van der Waals surface area contributed by atoms with Gasteiger partial charge in [0.05, 0.1) is 17.0 Å². The molecule has 0 aliphatic carbocycles. The highest BCUT2D eigenvalue weighted by molar-refractivity contribution is 7.92. The van der Waals surface area contributed by atoms with E-state index in [0.29, 0.717) is 10.6 Å². The molecule has 1 amide bonds. The standard InChI is InChI=1S/C17H17F3N2O3S2/c1-3-8-21-15(23)11(2)27(24,25)10-14-9-26-16(22-14)12-4-6-13(7-5-12)17(18,19)20/h3-7,9,11H,1,8,10H2,2H3,(H,21,23). The first-order valence-electron chi connectivity index (χ1n) is 7.77. The fraction of sp³-hybridized carbons (Fsp3) is 0.294. The zero-order valence-electron chi connectivity index (χ0n) is 14.3. The second kappa shape index (κ2) is 8.22. The van der Waals surface area contributed by atoms with Crippen LogP contribution in [0.4, 0.5) is 13.2 Å². The van der Waals surface area contributed by atoms with Gasteiger partial charge in [0.2, 0.25) is 5.91 Å². The number of carbonyl (C=O) groups is 1. The van der Waals surface area contributed by atoms with Crippen LogP contribution in [0.3, 0.4) is 0 Å². The average Bonchev–Trinajstić information content (AvgIpc) is 3.06. The Balaban J connectivity index is 2.13. The molecule has 10 heteroatoms. The van der Waals surface area contributed by atoms with Crippen LogP contribution < -0.4 is 5.32 Å². The summed E-state index contributed by atoms with van der Waals surface area (Å²) in [5.74, 6) is -1.07. The minimum Gasteiger partial charge on any atom is -0.352 e. The molecular weight excluding hydrogens is 401 g/mol. The Bertz CT molecular complexity index is 920. The Hall–Kier alpha value is -2.20. The van der Waals surface area contributed by atoms with E-state index in [9.17, 15) is 26.4 Å². The molecule has 1 heterocycles. The van der Waals surface area contributed by atoms with Gasteiger partial charge >= 0.3 is 6.18 Å². The number of amides is 1. The molecule has 1 N–H and O–H groups in total. The first-order valence-corrected chi connectivity index (χ1v) is 10.4. The van der Waals surface area contributed by atoms with Gasteiger partial charge in [0.1, 0.15) is 10.3 Å². The number of carbonyl (C=O) groups excluding carboxylic acids is 1. The van der Waals surface area contributed by atoms with Gasteiger partial charge in [-0.15, -0.1) is 17.9 Å². The predicted octanol–water partition coefficient (Wildman–Crippen LogP) is 3.43. The highest BCUT2D eigenvalue weighted by Crippen LogP contribution is 2.32. The van der Waals surface area contributed by atoms with Crippen LogP contribution in [0.1, 0.15) is 18.2 Å². The minimum absolute atomic E-state index is 0.160. The molecule has 2 aromatic rings. The van der Waals surface area contributed by atoms with E-state index in [4.69, 9.17) is 0 Å². The minimum atomic E-state index is -4.43. The number of benzene rings is 1. The normalized spacial score (nSPS) is 13.2. The summed E-state index contributed by atoms with van der Waals surface area (Å²) in [5, 5.41) is 3.08. The molecule has 0 bridgehead atoms. The van der Waals surface area contributed by atoms with Gasteiger partial charge in [-0.1, -0.05) is 18.2 Å². The number of thiazole rings is 1. The van der Waals surface area contributed by atoms with E-state index >= 15 is 0 Å². The number of hydrogen-bond donors (Lipinski definition) is 1. The molecule has 1 aromatic heterocycles. The van der Waals surface area contributed by atoms with Crippen molar-refractivity contribution in [1.82, 2.24) is 10.3 Å². The van der Waals surface area contributed by atoms with Crippen LogP contribution in [0.2, 0.25) is 0 Å². The maximum atomic E-state index is 12.6. The molecule has 1 aromatic carbocycles. The summed E-state index contributed by atoms with van der Waals surface area (Å²) in [7, 11) is -3.79. The second-order valence-corrected chi connectivity index (χ2v) is 8.88. The summed E-state index contributed by atoms with van der Waals surface area (Å²) in [6.45, 7) is 4.89. The molecular formula is C17H17F3N2O3S2. The summed E-state index contributed by atoms with van der Waals surface area (Å²) >= 11 is 1.12. The van der Waals surface area contributed by atoms with E-state index in [1.165, 1.54) is 30.5 Å². The molecule has 27 heavy (non-hydrogen) atoms. The fourth-order valence-electron chi connectivity index (χ4n) is 2.12. The Kier molecular flexibility index (Phi) is 6.42. The average molecular weight is 418 g/mol. The van der Waals surface area contributed by atoms with Crippen LogP contribution in [0.5, 0.6) is 0 Å². The number of sulfone groups is 1. The van der Waals surface area contributed by atoms with Gasteiger partial charge in [0.25, 0.3) is 0 Å². The molecule has 1 atom stereocenters. The van der Waals surface area contributed by atoms with Crippen LogP contribution >= 0.6 is 11.3 Å². The molecule has 0 aliphatic rings. The third kappa shape index (κ3) is 5.39. The molecule has 0 radical (unpaired) electrons. The van der Waals surface area contributed by atoms with E-state index in [-0.39, 0.29) is 12.2 Å². The SMILES string of the molecule is C=CCNC(=O)C(C)S(=O)(=O)Cc1csc(-c2ccc(C(F)(F)F)cc2)n1. The highest BCUT2D eigenvalue weighted by atomic mass is 32.2. The molecule has 0 saturated carbocycles. The third-order valence-electron chi connectivity index (χ3n) is 3.69. The summed E-state index contributed by atoms with van der Waals surface area (Å²) in [4.78, 5) is 16.0. The number of rotatable bonds is 7. The quantitative estimate of drug-likeness (QED) is 0.699. The summed E-state index contributed by atoms with van der Waals surface area (Å²) in [6.07, 6.45) is -2.99. The van der Waals surface area contributed by atoms with Crippen molar-refractivity contribution in [2.45, 2.75) is 24.1 Å². The molecule has 0 aliphatic heterocycles. The van der Waals surface area contributed by atoms with Crippen molar-refractivity contribution < 1.29 is 26.4 Å². The van der Waals surface area contributed by atoms with Crippen molar-refractivity contribution in [3.05, 3.63) is 53.6 Å². The maximum absolute atomic E-state index is 12.6. The lowest BCUT2D eigenvalue weighted by molar-refractivity contribution is -0.137. The third-order valence-corrected chi connectivity index (χ3v) is 6.62. The van der Waals surface area contributed by atoms with E-state index in [0.717, 1.165) is 23.5 Å². The van der Waals surface area contributed by atoms with Crippen molar-refractivity contribution in [2.75, 3.05) is 6.54 Å². The van der Waals surface area contributed by atoms with Crippen LogP contribution in [0.25, 0.3) is 10.6 Å². The van der Waals surface area contributed by atoms with Crippen molar-refractivity contribution in [3.8, 4) is 10.6 Å². The molecule has 0 saturated heterocycles. The van der Waals surface area contributed by atoms with Gasteiger partial charge in [-0.25, -0.2) is 13.4 Å². The van der Waals surface area contributed by atoms with Gasteiger partial charge < -0.3 is 5.32 Å². The Morgan fingerprint density at radius 1 is 1.33 bits per heavy atom. The van der Waals surface area contributed by atoms with Crippen LogP contribution in [0, 0.1) is 0 Å². The number of nitrogens with zero attached hydrogens (tertiary/aromatic N) is 1. The number of nitrogens with one attached hydrogen (secondary N) is 1. The lowest BCUT2D eigenvalue weighted by atomic mass is 10.1. The molecule has 1 unspecified atom stereocenters. The zero-order chi connectivity index (χ0) is 20.2. The maximum Gasteiger partial charge on any atom is 0.416 e. The van der Waals surface area contributed by atoms with Crippen molar-refractivity contribution in [2.24, 2.45) is 0 Å². The van der Waals surface area contributed by atoms with E-state index in [1.807, 2.05) is 0 Å². The molecule has 0 spiro atoms. The Labute approximate surface area is 158 Å². The van der Waals surface area contributed by atoms with E-state index in [2.05, 4.69) is 16.9 Å². The van der Waals surface area contributed by atoms with Crippen molar-refractivity contribution in [3.63, 3.8) is 0 Å². The van der Waals surface area contributed by atoms with Gasteiger partial charge in [0.15, 0.2) is 9.84 Å². The number of aromatic nitrogens is 1. The van der Waals surface area contributed by atoms with Crippen LogP contribution in [0.15, 0.2) is 42.3 Å². The molecule has 2 rings (SSSR count). The fourth-order valence-corrected chi connectivity index (χ4v) is 4.27. The molecule has 0 fully saturated rings. The number of halogens is 3. The number of alkyl halides is 3. The first kappa shape index (κ1) is 21.1. The van der Waals surface area contributed by atoms with Gasteiger partial charge in [0, 0.05) is 17.5 Å². The molecule has 146 valence electrons. The van der Waals surface area contributed by atoms with Crippen LogP contribution in [-0.2, 0) is 26.6 Å².